The van der Waals surface area contributed by atoms with E-state index in [2.05, 4.69) is 59.2 Å². The van der Waals surface area contributed by atoms with E-state index in [1.54, 1.807) is 14.1 Å². The van der Waals surface area contributed by atoms with Crippen LogP contribution in [0.15, 0.2) is 36.4 Å². The van der Waals surface area contributed by atoms with Gasteiger partial charge in [0.1, 0.15) is 12.4 Å². The predicted molar refractivity (Wildman–Crippen MR) is 155 cm³/mol. The molecule has 1 N–H and O–H groups in total. The van der Waals surface area contributed by atoms with Gasteiger partial charge in [-0.3, -0.25) is 4.79 Å². The maximum atomic E-state index is 12.1. The molecule has 0 aliphatic carbocycles. The summed E-state index contributed by atoms with van der Waals surface area (Å²) in [6.07, 6.45) is -0.0226. The van der Waals surface area contributed by atoms with Crippen molar-refractivity contribution in [3.8, 4) is 12.1 Å². The van der Waals surface area contributed by atoms with Crippen LogP contribution in [0.5, 0.6) is 6.01 Å². The first-order chi connectivity index (χ1) is 19.8. The summed E-state index contributed by atoms with van der Waals surface area (Å²) < 4.78 is 5.92. The Balaban J connectivity index is 1.48. The highest BCUT2D eigenvalue weighted by Crippen LogP contribution is 2.36. The van der Waals surface area contributed by atoms with E-state index in [1.165, 1.54) is 26.1 Å². The molecule has 3 aromatic rings. The molecule has 11 nitrogen and oxygen atoms in total. The van der Waals surface area contributed by atoms with Gasteiger partial charge in [-0.2, -0.15) is 15.2 Å². The normalized spacial score (nSPS) is 16.7. The Hall–Kier alpha value is -4.59. The molecule has 2 aliphatic heterocycles. The van der Waals surface area contributed by atoms with Gasteiger partial charge < -0.3 is 29.4 Å². The first-order valence-electron chi connectivity index (χ1n) is 13.8. The lowest BCUT2D eigenvalue weighted by atomic mass is 9.99. The standard InChI is InChI=1S/C30H35N7O4/c1-20-6-4-7-21-8-5-9-25(27(20)21)35-14-11-23-24(19-35)32-29(41-17-12-26(38)34(2)3)33-28(23)36-15-16-37(30(39)40)22(18-36)10-13-31/h4-9,22H,10-12,14-19H2,1-3H3,(H,39,40). The van der Waals surface area contributed by atoms with Gasteiger partial charge in [-0.05, 0) is 30.4 Å². The summed E-state index contributed by atoms with van der Waals surface area (Å²) in [5.74, 6) is 0.662. The van der Waals surface area contributed by atoms with Gasteiger partial charge in [0.25, 0.3) is 0 Å². The molecule has 41 heavy (non-hydrogen) atoms. The minimum Gasteiger partial charge on any atom is -0.465 e. The number of nitrogens with zero attached hydrogens (tertiary/aromatic N) is 7. The number of benzene rings is 2. The van der Waals surface area contributed by atoms with Crippen LogP contribution < -0.4 is 14.5 Å². The lowest BCUT2D eigenvalue weighted by Crippen LogP contribution is -2.55. The highest BCUT2D eigenvalue weighted by atomic mass is 16.5. The molecule has 2 aliphatic rings. The zero-order valence-corrected chi connectivity index (χ0v) is 23.7. The van der Waals surface area contributed by atoms with Gasteiger partial charge in [0.15, 0.2) is 0 Å². The number of hydrogen-bond acceptors (Lipinski definition) is 8. The van der Waals surface area contributed by atoms with Gasteiger partial charge in [0.05, 0.1) is 37.2 Å². The number of carbonyl (C=O) groups excluding carboxylic acids is 1. The van der Waals surface area contributed by atoms with Crippen LogP contribution in [0.2, 0.25) is 0 Å². The highest BCUT2D eigenvalue weighted by Gasteiger charge is 2.34. The minimum atomic E-state index is -1.02. The van der Waals surface area contributed by atoms with E-state index in [4.69, 9.17) is 14.7 Å². The third kappa shape index (κ3) is 5.82. The first-order valence-corrected chi connectivity index (χ1v) is 13.8. The van der Waals surface area contributed by atoms with E-state index < -0.39 is 12.1 Å². The summed E-state index contributed by atoms with van der Waals surface area (Å²) in [7, 11) is 3.40. The fourth-order valence-electron chi connectivity index (χ4n) is 5.72. The molecule has 1 atom stereocenters. The fraction of sp³-hybridized carbons (Fsp3) is 0.433. The second-order valence-electron chi connectivity index (χ2n) is 10.7. The number of ether oxygens (including phenoxy) is 1. The number of anilines is 2. The quantitative estimate of drug-likeness (QED) is 0.465. The van der Waals surface area contributed by atoms with E-state index in [9.17, 15) is 20.0 Å². The first kappa shape index (κ1) is 28.0. The van der Waals surface area contributed by atoms with E-state index in [0.717, 1.165) is 23.5 Å². The average Bonchev–Trinajstić information content (AvgIpc) is 2.96. The van der Waals surface area contributed by atoms with E-state index in [-0.39, 0.29) is 37.9 Å². The van der Waals surface area contributed by atoms with E-state index in [0.29, 0.717) is 31.9 Å². The van der Waals surface area contributed by atoms with Crippen LogP contribution >= 0.6 is 0 Å². The number of hydrogen-bond donors (Lipinski definition) is 1. The molecule has 1 fully saturated rings. The SMILES string of the molecule is Cc1cccc2cccc(N3CCc4c(nc(OCCC(=O)N(C)C)nc4N4CCN(C(=O)O)C(CC#N)C4)C3)c12. The number of carbonyl (C=O) groups is 2. The molecular weight excluding hydrogens is 522 g/mol. The summed E-state index contributed by atoms with van der Waals surface area (Å²) in [5.41, 5.74) is 4.21. The Morgan fingerprint density at radius 2 is 1.90 bits per heavy atom. The number of aromatic nitrogens is 2. The van der Waals surface area contributed by atoms with Gasteiger partial charge in [0, 0.05) is 56.9 Å². The van der Waals surface area contributed by atoms with Gasteiger partial charge in [-0.25, -0.2) is 4.79 Å². The minimum absolute atomic E-state index is 0.0511. The molecule has 0 saturated carbocycles. The molecule has 0 bridgehead atoms. The van der Waals surface area contributed by atoms with Crippen molar-refractivity contribution in [3.05, 3.63) is 53.2 Å². The maximum absolute atomic E-state index is 12.1. The summed E-state index contributed by atoms with van der Waals surface area (Å²) >= 11 is 0. The third-order valence-corrected chi connectivity index (χ3v) is 7.86. The van der Waals surface area contributed by atoms with Crippen molar-refractivity contribution in [1.82, 2.24) is 19.8 Å². The zero-order chi connectivity index (χ0) is 29.1. The topological polar surface area (TPSA) is 126 Å². The molecule has 214 valence electrons. The molecule has 0 spiro atoms. The average molecular weight is 558 g/mol. The van der Waals surface area contributed by atoms with Crippen LogP contribution in [0.3, 0.4) is 0 Å². The number of amides is 2. The molecule has 5 rings (SSSR count). The highest BCUT2D eigenvalue weighted by molar-refractivity contribution is 5.97. The number of aryl methyl sites for hydroxylation is 1. The maximum Gasteiger partial charge on any atom is 0.407 e. The third-order valence-electron chi connectivity index (χ3n) is 7.86. The molecular formula is C30H35N7O4. The molecule has 0 radical (unpaired) electrons. The molecule has 1 saturated heterocycles. The molecule has 3 heterocycles. The number of nitriles is 1. The molecule has 2 amide bonds. The van der Waals surface area contributed by atoms with E-state index in [1.807, 2.05) is 0 Å². The fourth-order valence-corrected chi connectivity index (χ4v) is 5.72. The lowest BCUT2D eigenvalue weighted by molar-refractivity contribution is -0.129. The largest absolute Gasteiger partial charge is 0.465 e. The Morgan fingerprint density at radius 1 is 1.12 bits per heavy atom. The Labute approximate surface area is 239 Å². The van der Waals surface area contributed by atoms with Crippen molar-refractivity contribution < 1.29 is 19.4 Å². The summed E-state index contributed by atoms with van der Waals surface area (Å²) in [6.45, 7) is 4.67. The smallest absolute Gasteiger partial charge is 0.407 e. The number of fused-ring (bicyclic) bond motifs is 2. The van der Waals surface area contributed by atoms with Crippen molar-refractivity contribution in [1.29, 1.82) is 5.26 Å². The van der Waals surface area contributed by atoms with Crippen LogP contribution in [0, 0.1) is 18.3 Å². The van der Waals surface area contributed by atoms with E-state index >= 15 is 0 Å². The Kier molecular flexibility index (Phi) is 8.10. The second-order valence-corrected chi connectivity index (χ2v) is 10.7. The summed E-state index contributed by atoms with van der Waals surface area (Å²) in [4.78, 5) is 40.7. The Bertz CT molecular complexity index is 1500. The van der Waals surface area contributed by atoms with Crippen molar-refractivity contribution in [3.63, 3.8) is 0 Å². The molecule has 2 aromatic carbocycles. The Morgan fingerprint density at radius 3 is 2.63 bits per heavy atom. The van der Waals surface area contributed by atoms with Gasteiger partial charge in [-0.15, -0.1) is 0 Å². The predicted octanol–water partition coefficient (Wildman–Crippen LogP) is 3.44. The second kappa shape index (κ2) is 11.9. The van der Waals surface area contributed by atoms with Gasteiger partial charge in [0.2, 0.25) is 5.91 Å². The van der Waals surface area contributed by atoms with Gasteiger partial charge in [-0.1, -0.05) is 30.3 Å². The molecule has 1 aromatic heterocycles. The van der Waals surface area contributed by atoms with Crippen LogP contribution in [0.25, 0.3) is 10.8 Å². The number of rotatable bonds is 7. The van der Waals surface area contributed by atoms with Gasteiger partial charge >= 0.3 is 12.1 Å². The molecule has 11 heteroatoms. The summed E-state index contributed by atoms with van der Waals surface area (Å²) in [5, 5.41) is 21.4. The van der Waals surface area contributed by atoms with Crippen LogP contribution in [-0.4, -0.2) is 89.8 Å². The summed E-state index contributed by atoms with van der Waals surface area (Å²) in [6, 6.07) is 14.5. The van der Waals surface area contributed by atoms with Crippen LogP contribution in [-0.2, 0) is 17.8 Å². The van der Waals surface area contributed by atoms with Crippen molar-refractivity contribution >= 4 is 34.3 Å². The molecule has 1 unspecified atom stereocenters. The van der Waals surface area contributed by atoms with Crippen molar-refractivity contribution in [2.45, 2.75) is 38.8 Å². The lowest BCUT2D eigenvalue weighted by Gasteiger charge is -2.41. The van der Waals surface area contributed by atoms with Crippen LogP contribution in [0.1, 0.15) is 29.7 Å². The number of piperazine rings is 1. The monoisotopic (exact) mass is 557 g/mol. The van der Waals surface area contributed by atoms with Crippen molar-refractivity contribution in [2.24, 2.45) is 0 Å². The number of carboxylic acid groups (broad SMARTS) is 1. The zero-order valence-electron chi connectivity index (χ0n) is 23.7. The van der Waals surface area contributed by atoms with Crippen molar-refractivity contribution in [2.75, 3.05) is 56.7 Å². The van der Waals surface area contributed by atoms with Crippen LogP contribution in [0.4, 0.5) is 16.3 Å².